The van der Waals surface area contributed by atoms with Crippen LogP contribution in [0.2, 0.25) is 0 Å². The second kappa shape index (κ2) is 8.41. The second-order valence-electron chi connectivity index (χ2n) is 4.82. The second-order valence-corrected chi connectivity index (χ2v) is 4.82. The van der Waals surface area contributed by atoms with E-state index in [1.165, 1.54) is 0 Å². The van der Waals surface area contributed by atoms with E-state index in [0.29, 0.717) is 17.6 Å². The fraction of sp³-hybridized carbons (Fsp3) is 0.412. The molecule has 1 aromatic rings. The molecule has 0 aliphatic heterocycles. The van der Waals surface area contributed by atoms with Crippen molar-refractivity contribution in [2.75, 3.05) is 0 Å². The molecule has 0 atom stereocenters. The van der Waals surface area contributed by atoms with Gasteiger partial charge in [0.15, 0.2) is 5.78 Å². The summed E-state index contributed by atoms with van der Waals surface area (Å²) in [5, 5.41) is 0. The molecule has 0 fully saturated rings. The molecule has 0 saturated carbocycles. The fourth-order valence-electron chi connectivity index (χ4n) is 1.95. The van der Waals surface area contributed by atoms with Gasteiger partial charge in [-0.15, -0.1) is 0 Å². The van der Waals surface area contributed by atoms with E-state index < -0.39 is 0 Å². The third-order valence-electron chi connectivity index (χ3n) is 3.08. The van der Waals surface area contributed by atoms with Crippen LogP contribution < -0.4 is 0 Å². The molecule has 0 saturated heterocycles. The van der Waals surface area contributed by atoms with Gasteiger partial charge in [0.1, 0.15) is 5.78 Å². The topological polar surface area (TPSA) is 34.1 Å². The Bertz CT molecular complexity index is 432. The summed E-state index contributed by atoms with van der Waals surface area (Å²) in [5.74, 6) is -0.00658. The first-order chi connectivity index (χ1) is 9.15. The largest absolute Gasteiger partial charge is 0.299 e. The van der Waals surface area contributed by atoms with Crippen molar-refractivity contribution < 1.29 is 9.59 Å². The van der Waals surface area contributed by atoms with Gasteiger partial charge in [-0.2, -0.15) is 0 Å². The van der Waals surface area contributed by atoms with Crippen molar-refractivity contribution in [1.82, 2.24) is 0 Å². The summed E-state index contributed by atoms with van der Waals surface area (Å²) in [6, 6.07) is 8.98. The van der Waals surface area contributed by atoms with E-state index in [1.807, 2.05) is 18.2 Å². The summed E-state index contributed by atoms with van der Waals surface area (Å²) >= 11 is 0. The molecule has 0 aliphatic rings. The van der Waals surface area contributed by atoms with Gasteiger partial charge in [0, 0.05) is 24.0 Å². The fourth-order valence-corrected chi connectivity index (χ4v) is 1.95. The lowest BCUT2D eigenvalue weighted by atomic mass is 9.98. The zero-order valence-corrected chi connectivity index (χ0v) is 11.7. The molecule has 1 aromatic carbocycles. The van der Waals surface area contributed by atoms with Gasteiger partial charge in [0.2, 0.25) is 0 Å². The summed E-state index contributed by atoms with van der Waals surface area (Å²) < 4.78 is 0. The summed E-state index contributed by atoms with van der Waals surface area (Å²) in [4.78, 5) is 23.7. The quantitative estimate of drug-likeness (QED) is 0.375. The maximum absolute atomic E-state index is 12.0. The maximum Gasteiger partial charge on any atom is 0.188 e. The van der Waals surface area contributed by atoms with E-state index in [2.05, 4.69) is 13.5 Å². The Labute approximate surface area is 115 Å². The molecule has 2 nitrogen and oxygen atoms in total. The lowest BCUT2D eigenvalue weighted by Gasteiger charge is -2.04. The number of hydrogen-bond acceptors (Lipinski definition) is 2. The molecule has 0 unspecified atom stereocenters. The van der Waals surface area contributed by atoms with E-state index in [9.17, 15) is 9.59 Å². The molecule has 0 aliphatic carbocycles. The average molecular weight is 258 g/mol. The third-order valence-corrected chi connectivity index (χ3v) is 3.08. The van der Waals surface area contributed by atoms with E-state index in [0.717, 1.165) is 25.7 Å². The van der Waals surface area contributed by atoms with Gasteiger partial charge in [0.05, 0.1) is 0 Å². The van der Waals surface area contributed by atoms with Crippen LogP contribution in [-0.2, 0) is 4.79 Å². The Kier molecular flexibility index (Phi) is 6.80. The molecule has 0 spiro atoms. The molecular weight excluding hydrogens is 236 g/mol. The van der Waals surface area contributed by atoms with Crippen molar-refractivity contribution >= 4 is 11.6 Å². The minimum absolute atomic E-state index is 0.116. The summed E-state index contributed by atoms with van der Waals surface area (Å²) in [6.45, 7) is 5.89. The van der Waals surface area contributed by atoms with Gasteiger partial charge in [-0.05, 0) is 6.42 Å². The molecule has 0 amide bonds. The van der Waals surface area contributed by atoms with Gasteiger partial charge < -0.3 is 0 Å². The first-order valence-electron chi connectivity index (χ1n) is 6.94. The number of rotatable bonds is 9. The number of Topliss-reactive ketones (excluding diaryl/α,β-unsaturated/α-hetero) is 2. The van der Waals surface area contributed by atoms with Crippen LogP contribution in [0.15, 0.2) is 42.5 Å². The van der Waals surface area contributed by atoms with Crippen molar-refractivity contribution in [2.45, 2.75) is 45.4 Å². The van der Waals surface area contributed by atoms with Gasteiger partial charge in [-0.1, -0.05) is 63.1 Å². The van der Waals surface area contributed by atoms with E-state index in [4.69, 9.17) is 0 Å². The third kappa shape index (κ3) is 5.64. The van der Waals surface area contributed by atoms with E-state index in [1.54, 1.807) is 12.1 Å². The van der Waals surface area contributed by atoms with Crippen LogP contribution in [0.25, 0.3) is 0 Å². The average Bonchev–Trinajstić information content (AvgIpc) is 2.43. The molecule has 0 N–H and O–H groups in total. The molecular formula is C17H22O2. The zero-order chi connectivity index (χ0) is 14.1. The van der Waals surface area contributed by atoms with Gasteiger partial charge >= 0.3 is 0 Å². The van der Waals surface area contributed by atoms with Gasteiger partial charge in [-0.3, -0.25) is 9.59 Å². The van der Waals surface area contributed by atoms with Crippen LogP contribution >= 0.6 is 0 Å². The number of carbonyl (C=O) groups is 2. The predicted molar refractivity (Wildman–Crippen MR) is 78.3 cm³/mol. The lowest BCUT2D eigenvalue weighted by Crippen LogP contribution is -2.08. The molecule has 2 heteroatoms. The Balaban J connectivity index is 2.38. The highest BCUT2D eigenvalue weighted by Crippen LogP contribution is 2.12. The highest BCUT2D eigenvalue weighted by atomic mass is 16.1. The van der Waals surface area contributed by atoms with Crippen LogP contribution in [0.5, 0.6) is 0 Å². The predicted octanol–water partition coefficient (Wildman–Crippen LogP) is 4.36. The van der Waals surface area contributed by atoms with Crippen LogP contribution in [0.4, 0.5) is 0 Å². The molecule has 19 heavy (non-hydrogen) atoms. The molecule has 0 heterocycles. The number of benzene rings is 1. The first kappa shape index (κ1) is 15.4. The highest BCUT2D eigenvalue weighted by molar-refractivity contribution is 6.10. The molecule has 102 valence electrons. The highest BCUT2D eigenvalue weighted by Gasteiger charge is 2.13. The smallest absolute Gasteiger partial charge is 0.188 e. The Morgan fingerprint density at radius 2 is 1.74 bits per heavy atom. The van der Waals surface area contributed by atoms with Crippen LogP contribution in [-0.4, -0.2) is 11.6 Å². The number of allylic oxidation sites excluding steroid dienone is 1. The van der Waals surface area contributed by atoms with Crippen molar-refractivity contribution in [3.63, 3.8) is 0 Å². The van der Waals surface area contributed by atoms with Gasteiger partial charge in [-0.25, -0.2) is 0 Å². The normalized spacial score (nSPS) is 10.2. The first-order valence-corrected chi connectivity index (χ1v) is 6.94. The molecule has 1 rings (SSSR count). The Hall–Kier alpha value is -1.70. The maximum atomic E-state index is 12.0. The number of hydrogen-bond donors (Lipinski definition) is 0. The van der Waals surface area contributed by atoms with Crippen molar-refractivity contribution in [2.24, 2.45) is 0 Å². The van der Waals surface area contributed by atoms with Crippen LogP contribution in [0, 0.1) is 0 Å². The molecule has 0 aromatic heterocycles. The summed E-state index contributed by atoms with van der Waals surface area (Å²) in [7, 11) is 0. The van der Waals surface area contributed by atoms with Crippen molar-refractivity contribution in [3.8, 4) is 0 Å². The summed E-state index contributed by atoms with van der Waals surface area (Å²) in [6.07, 6.45) is 5.06. The number of carbonyl (C=O) groups excluding carboxylic acids is 2. The minimum Gasteiger partial charge on any atom is -0.299 e. The molecule has 0 radical (unpaired) electrons. The Morgan fingerprint density at radius 1 is 1.05 bits per heavy atom. The number of unbranched alkanes of at least 4 members (excludes halogenated alkanes) is 3. The standard InChI is InChI=1S/C17H22O2/c1-3-4-5-9-12-16(18)13-14(2)17(19)15-10-7-6-8-11-15/h6-8,10-11H,2-5,9,12-13H2,1H3. The zero-order valence-electron chi connectivity index (χ0n) is 11.7. The Morgan fingerprint density at radius 3 is 2.37 bits per heavy atom. The number of ketones is 2. The molecule has 0 bridgehead atoms. The minimum atomic E-state index is -0.123. The van der Waals surface area contributed by atoms with Crippen LogP contribution in [0.1, 0.15) is 55.8 Å². The van der Waals surface area contributed by atoms with Gasteiger partial charge in [0.25, 0.3) is 0 Å². The van der Waals surface area contributed by atoms with Crippen LogP contribution in [0.3, 0.4) is 0 Å². The SMILES string of the molecule is C=C(CC(=O)CCCCCC)C(=O)c1ccccc1. The van der Waals surface area contributed by atoms with Crippen molar-refractivity contribution in [3.05, 3.63) is 48.0 Å². The van der Waals surface area contributed by atoms with Crippen molar-refractivity contribution in [1.29, 1.82) is 0 Å². The lowest BCUT2D eigenvalue weighted by molar-refractivity contribution is -0.118. The van der Waals surface area contributed by atoms with E-state index >= 15 is 0 Å². The summed E-state index contributed by atoms with van der Waals surface area (Å²) in [5.41, 5.74) is 0.998. The monoisotopic (exact) mass is 258 g/mol. The van der Waals surface area contributed by atoms with E-state index in [-0.39, 0.29) is 18.0 Å².